The Bertz CT molecular complexity index is 467. The number of nitrogens with one attached hydrogen (secondary N) is 1. The first-order valence-electron chi connectivity index (χ1n) is 4.31. The molecule has 0 saturated carbocycles. The lowest BCUT2D eigenvalue weighted by Crippen LogP contribution is -1.98. The van der Waals surface area contributed by atoms with Crippen molar-refractivity contribution in [2.24, 2.45) is 0 Å². The molecular weight excluding hydrogens is 244 g/mol. The highest BCUT2D eigenvalue weighted by molar-refractivity contribution is 7.84. The summed E-state index contributed by atoms with van der Waals surface area (Å²) in [5.41, 5.74) is 0.339. The van der Waals surface area contributed by atoms with Crippen molar-refractivity contribution in [2.45, 2.75) is 6.42 Å². The van der Waals surface area contributed by atoms with Crippen molar-refractivity contribution in [3.8, 4) is 11.1 Å². The van der Waals surface area contributed by atoms with Crippen molar-refractivity contribution < 1.29 is 9.84 Å². The van der Waals surface area contributed by atoms with E-state index in [1.54, 1.807) is 19.2 Å². The van der Waals surface area contributed by atoms with Crippen LogP contribution in [0.3, 0.4) is 0 Å². The molecule has 1 aromatic rings. The summed E-state index contributed by atoms with van der Waals surface area (Å²) in [5, 5.41) is 25.9. The van der Waals surface area contributed by atoms with Gasteiger partial charge in [-0.2, -0.15) is 5.26 Å². The Hall–Kier alpha value is -1.45. The molecule has 4 nitrogen and oxygen atoms in total. The molecule has 16 heavy (non-hydrogen) atoms. The van der Waals surface area contributed by atoms with Crippen LogP contribution in [0.5, 0.6) is 5.06 Å². The Labute approximate surface area is 103 Å². The molecule has 0 unspecified atom stereocenters. The molecule has 1 rings (SSSR count). The van der Waals surface area contributed by atoms with Crippen LogP contribution in [0.1, 0.15) is 11.3 Å². The lowest BCUT2D eigenvalue weighted by Gasteiger charge is -2.00. The third kappa shape index (κ3) is 3.02. The molecule has 1 aromatic heterocycles. The van der Waals surface area contributed by atoms with Crippen molar-refractivity contribution in [2.75, 3.05) is 7.11 Å². The van der Waals surface area contributed by atoms with Gasteiger partial charge in [0.25, 0.3) is 0 Å². The highest BCUT2D eigenvalue weighted by Crippen LogP contribution is 2.26. The van der Waals surface area contributed by atoms with Gasteiger partial charge in [-0.15, -0.1) is 12.6 Å². The lowest BCUT2D eigenvalue weighted by atomic mass is 10.1. The van der Waals surface area contributed by atoms with Crippen LogP contribution < -0.4 is 4.74 Å². The number of nitriles is 1. The van der Waals surface area contributed by atoms with Crippen molar-refractivity contribution in [3.05, 3.63) is 27.7 Å². The lowest BCUT2D eigenvalue weighted by molar-refractivity contribution is 0.427. The molecule has 0 bridgehead atoms. The average Bonchev–Trinajstić information content (AvgIpc) is 2.73. The van der Waals surface area contributed by atoms with Crippen LogP contribution >= 0.6 is 24.0 Å². The van der Waals surface area contributed by atoms with Crippen LogP contribution in [0.15, 0.2) is 22.8 Å². The molecule has 0 aromatic carbocycles. The summed E-state index contributed by atoms with van der Waals surface area (Å²) in [7, 11) is 1.55. The summed E-state index contributed by atoms with van der Waals surface area (Å²) in [4.78, 5) is 0.708. The zero-order valence-corrected chi connectivity index (χ0v) is 10.2. The first-order valence-corrected chi connectivity index (χ1v) is 5.57. The van der Waals surface area contributed by atoms with E-state index in [4.69, 9.17) is 20.5 Å². The number of nitrogens with zero attached hydrogens (tertiary/aromatic N) is 1. The molecule has 0 fully saturated rings. The Balaban J connectivity index is 2.81. The van der Waals surface area contributed by atoms with Crippen LogP contribution in [0.2, 0.25) is 0 Å². The standard InChI is InChI=1S/C10H10N2O2S2/c1-14-9-3-2-8(16-9)7(12)4-6(5-11)10(13)15/h2-3,12-13,15H,4H2,1H3/b10-6-,12-7?. The van der Waals surface area contributed by atoms with Gasteiger partial charge in [0.1, 0.15) is 0 Å². The summed E-state index contributed by atoms with van der Waals surface area (Å²) in [6, 6.07) is 5.31. The topological polar surface area (TPSA) is 77.1 Å². The number of rotatable bonds is 4. The second-order valence-electron chi connectivity index (χ2n) is 2.89. The number of thiol groups is 1. The third-order valence-electron chi connectivity index (χ3n) is 1.84. The van der Waals surface area contributed by atoms with Gasteiger partial charge in [0, 0.05) is 6.42 Å². The van der Waals surface area contributed by atoms with E-state index < -0.39 is 0 Å². The van der Waals surface area contributed by atoms with Gasteiger partial charge < -0.3 is 15.3 Å². The van der Waals surface area contributed by atoms with Crippen LogP contribution in [-0.4, -0.2) is 17.9 Å². The predicted octanol–water partition coefficient (Wildman–Crippen LogP) is 2.74. The van der Waals surface area contributed by atoms with E-state index >= 15 is 0 Å². The number of hydrogen-bond donors (Lipinski definition) is 3. The van der Waals surface area contributed by atoms with Gasteiger partial charge in [-0.3, -0.25) is 0 Å². The summed E-state index contributed by atoms with van der Waals surface area (Å²) < 4.78 is 5.00. The predicted molar refractivity (Wildman–Crippen MR) is 66.6 cm³/mol. The fourth-order valence-corrected chi connectivity index (χ4v) is 1.92. The summed E-state index contributed by atoms with van der Waals surface area (Å²) in [6.45, 7) is 0. The van der Waals surface area contributed by atoms with E-state index in [9.17, 15) is 0 Å². The van der Waals surface area contributed by atoms with Crippen molar-refractivity contribution in [3.63, 3.8) is 0 Å². The van der Waals surface area contributed by atoms with E-state index in [0.717, 1.165) is 0 Å². The maximum Gasteiger partial charge on any atom is 0.173 e. The number of hydrogen-bond acceptors (Lipinski definition) is 6. The fourth-order valence-electron chi connectivity index (χ4n) is 1.02. The Kier molecular flexibility index (Phi) is 4.40. The minimum absolute atomic E-state index is 0.0650. The molecule has 0 atom stereocenters. The number of aliphatic hydroxyl groups is 1. The molecule has 2 N–H and O–H groups in total. The number of aliphatic hydroxyl groups excluding tert-OH is 1. The Morgan fingerprint density at radius 2 is 2.38 bits per heavy atom. The zero-order chi connectivity index (χ0) is 12.1. The molecule has 0 radical (unpaired) electrons. The van der Waals surface area contributed by atoms with Crippen molar-refractivity contribution in [1.82, 2.24) is 0 Å². The van der Waals surface area contributed by atoms with Crippen LogP contribution in [0.4, 0.5) is 0 Å². The minimum atomic E-state index is -0.337. The van der Waals surface area contributed by atoms with Crippen molar-refractivity contribution >= 4 is 29.7 Å². The molecule has 84 valence electrons. The maximum atomic E-state index is 9.06. The molecule has 0 aliphatic heterocycles. The molecule has 0 aliphatic rings. The molecule has 0 saturated heterocycles. The van der Waals surface area contributed by atoms with Gasteiger partial charge in [-0.05, 0) is 12.1 Å². The normalized spacial score (nSPS) is 11.6. The number of allylic oxidation sites excluding steroid dienone is 1. The number of methoxy groups -OCH3 is 1. The fraction of sp³-hybridized carbons (Fsp3) is 0.200. The van der Waals surface area contributed by atoms with E-state index in [0.29, 0.717) is 9.94 Å². The monoisotopic (exact) mass is 254 g/mol. The summed E-state index contributed by atoms with van der Waals surface area (Å²) in [6.07, 6.45) is 0.0650. The van der Waals surface area contributed by atoms with Crippen LogP contribution in [0, 0.1) is 16.7 Å². The Morgan fingerprint density at radius 3 is 2.81 bits per heavy atom. The second-order valence-corrected chi connectivity index (χ2v) is 4.36. The SMILES string of the molecule is COc1ccc(C(=N)C/C(C#N)=C(\O)S)s1. The van der Waals surface area contributed by atoms with Gasteiger partial charge in [0.15, 0.2) is 10.2 Å². The first-order chi connectivity index (χ1) is 7.58. The maximum absolute atomic E-state index is 9.06. The smallest absolute Gasteiger partial charge is 0.173 e. The van der Waals surface area contributed by atoms with Gasteiger partial charge in [0.05, 0.1) is 29.3 Å². The molecule has 0 aliphatic carbocycles. The number of thiophene rings is 1. The summed E-state index contributed by atoms with van der Waals surface area (Å²) in [5.74, 6) is 0. The highest BCUT2D eigenvalue weighted by Gasteiger charge is 2.10. The number of ether oxygens (including phenoxy) is 1. The second kappa shape index (κ2) is 5.58. The van der Waals surface area contributed by atoms with Gasteiger partial charge in [-0.1, -0.05) is 11.3 Å². The summed E-state index contributed by atoms with van der Waals surface area (Å²) >= 11 is 5.00. The minimum Gasteiger partial charge on any atom is -0.502 e. The van der Waals surface area contributed by atoms with Gasteiger partial charge >= 0.3 is 0 Å². The quantitative estimate of drug-likeness (QED) is 0.334. The van der Waals surface area contributed by atoms with Crippen molar-refractivity contribution in [1.29, 1.82) is 10.7 Å². The molecule has 6 heteroatoms. The molecule has 0 amide bonds. The third-order valence-corrected chi connectivity index (χ3v) is 3.21. The van der Waals surface area contributed by atoms with E-state index in [1.165, 1.54) is 11.3 Å². The van der Waals surface area contributed by atoms with Crippen LogP contribution in [-0.2, 0) is 0 Å². The average molecular weight is 254 g/mol. The molecule has 1 heterocycles. The zero-order valence-electron chi connectivity index (χ0n) is 8.52. The first kappa shape index (κ1) is 12.6. The Morgan fingerprint density at radius 1 is 1.69 bits per heavy atom. The molecular formula is C10H10N2O2S2. The highest BCUT2D eigenvalue weighted by atomic mass is 32.1. The largest absolute Gasteiger partial charge is 0.502 e. The van der Waals surface area contributed by atoms with E-state index in [2.05, 4.69) is 12.6 Å². The molecule has 0 spiro atoms. The van der Waals surface area contributed by atoms with E-state index in [1.807, 2.05) is 6.07 Å². The van der Waals surface area contributed by atoms with Gasteiger partial charge in [0.2, 0.25) is 0 Å². The van der Waals surface area contributed by atoms with Crippen LogP contribution in [0.25, 0.3) is 0 Å². The van der Waals surface area contributed by atoms with E-state index in [-0.39, 0.29) is 22.8 Å². The van der Waals surface area contributed by atoms with Gasteiger partial charge in [-0.25, -0.2) is 0 Å².